The zero-order valence-electron chi connectivity index (χ0n) is 11.4. The SMILES string of the molecule is Nc1cccc(-c2nc(Nc3ccc4[nH]ncc4c3)no2)c1. The van der Waals surface area contributed by atoms with E-state index in [4.69, 9.17) is 10.3 Å². The molecule has 4 aromatic rings. The van der Waals surface area contributed by atoms with Gasteiger partial charge in [0.1, 0.15) is 0 Å². The zero-order valence-corrected chi connectivity index (χ0v) is 11.4. The highest BCUT2D eigenvalue weighted by Crippen LogP contribution is 2.23. The molecule has 0 aliphatic rings. The first-order valence-electron chi connectivity index (χ1n) is 6.68. The van der Waals surface area contributed by atoms with E-state index in [0.717, 1.165) is 22.2 Å². The average molecular weight is 292 g/mol. The van der Waals surface area contributed by atoms with Gasteiger partial charge in [-0.1, -0.05) is 6.07 Å². The smallest absolute Gasteiger partial charge is 0.268 e. The number of nitrogen functional groups attached to an aromatic ring is 1. The third-order valence-corrected chi connectivity index (χ3v) is 3.26. The number of fused-ring (bicyclic) bond motifs is 1. The van der Waals surface area contributed by atoms with Crippen LogP contribution in [0.5, 0.6) is 0 Å². The summed E-state index contributed by atoms with van der Waals surface area (Å²) in [7, 11) is 0. The highest BCUT2D eigenvalue weighted by Gasteiger charge is 2.09. The van der Waals surface area contributed by atoms with Crippen LogP contribution in [0.4, 0.5) is 17.3 Å². The van der Waals surface area contributed by atoms with Crippen LogP contribution in [-0.2, 0) is 0 Å². The number of benzene rings is 2. The van der Waals surface area contributed by atoms with Crippen LogP contribution in [0.3, 0.4) is 0 Å². The van der Waals surface area contributed by atoms with E-state index in [1.807, 2.05) is 30.3 Å². The highest BCUT2D eigenvalue weighted by atomic mass is 16.5. The summed E-state index contributed by atoms with van der Waals surface area (Å²) in [4.78, 5) is 4.32. The molecule has 0 atom stereocenters. The first-order chi connectivity index (χ1) is 10.8. The van der Waals surface area contributed by atoms with E-state index in [1.54, 1.807) is 18.3 Å². The van der Waals surface area contributed by atoms with Crippen LogP contribution < -0.4 is 11.1 Å². The topological polar surface area (TPSA) is 106 Å². The Morgan fingerprint density at radius 2 is 2.09 bits per heavy atom. The van der Waals surface area contributed by atoms with Crippen molar-refractivity contribution >= 4 is 28.2 Å². The molecule has 0 saturated heterocycles. The van der Waals surface area contributed by atoms with Gasteiger partial charge in [-0.05, 0) is 41.6 Å². The Hall–Kier alpha value is -3.35. The minimum absolute atomic E-state index is 0.389. The van der Waals surface area contributed by atoms with E-state index in [2.05, 4.69) is 25.7 Å². The number of rotatable bonds is 3. The molecule has 2 aromatic carbocycles. The predicted octanol–water partition coefficient (Wildman–Crippen LogP) is 2.94. The summed E-state index contributed by atoms with van der Waals surface area (Å²) in [5.74, 6) is 0.805. The molecule has 2 aromatic heterocycles. The first kappa shape index (κ1) is 12.4. The molecule has 0 aliphatic heterocycles. The van der Waals surface area contributed by atoms with Crippen molar-refractivity contribution in [3.63, 3.8) is 0 Å². The number of nitrogens with two attached hydrogens (primary N) is 1. The van der Waals surface area contributed by atoms with Crippen LogP contribution in [0.1, 0.15) is 0 Å². The predicted molar refractivity (Wildman–Crippen MR) is 83.5 cm³/mol. The van der Waals surface area contributed by atoms with E-state index in [1.165, 1.54) is 0 Å². The van der Waals surface area contributed by atoms with Gasteiger partial charge in [0.05, 0.1) is 11.7 Å². The fourth-order valence-electron chi connectivity index (χ4n) is 2.21. The quantitative estimate of drug-likeness (QED) is 0.501. The Balaban J connectivity index is 1.61. The van der Waals surface area contributed by atoms with Gasteiger partial charge in [-0.3, -0.25) is 5.10 Å². The average Bonchev–Trinajstić information content (AvgIpc) is 3.16. The highest BCUT2D eigenvalue weighted by molar-refractivity contribution is 5.82. The molecule has 7 nitrogen and oxygen atoms in total. The number of hydrogen-bond donors (Lipinski definition) is 3. The summed E-state index contributed by atoms with van der Waals surface area (Å²) in [6.45, 7) is 0. The van der Waals surface area contributed by atoms with Gasteiger partial charge < -0.3 is 15.6 Å². The fraction of sp³-hybridized carbons (Fsp3) is 0. The summed E-state index contributed by atoms with van der Waals surface area (Å²) in [6.07, 6.45) is 1.76. The van der Waals surface area contributed by atoms with Crippen LogP contribution in [0.25, 0.3) is 22.4 Å². The van der Waals surface area contributed by atoms with Crippen molar-refractivity contribution in [1.29, 1.82) is 0 Å². The largest absolute Gasteiger partial charge is 0.399 e. The van der Waals surface area contributed by atoms with Gasteiger partial charge in [0, 0.05) is 22.3 Å². The fourth-order valence-corrected chi connectivity index (χ4v) is 2.21. The zero-order chi connectivity index (χ0) is 14.9. The van der Waals surface area contributed by atoms with Crippen LogP contribution in [0, 0.1) is 0 Å². The Bertz CT molecular complexity index is 942. The van der Waals surface area contributed by atoms with Crippen molar-refractivity contribution in [2.24, 2.45) is 0 Å². The van der Waals surface area contributed by atoms with Crippen molar-refractivity contribution in [1.82, 2.24) is 20.3 Å². The molecule has 0 fully saturated rings. The second-order valence-electron chi connectivity index (χ2n) is 4.85. The summed E-state index contributed by atoms with van der Waals surface area (Å²) in [5, 5.41) is 14.9. The third kappa shape index (κ3) is 2.24. The number of aromatic nitrogens is 4. The third-order valence-electron chi connectivity index (χ3n) is 3.26. The molecule has 0 unspecified atom stereocenters. The van der Waals surface area contributed by atoms with Gasteiger partial charge in [0.15, 0.2) is 0 Å². The second-order valence-corrected chi connectivity index (χ2v) is 4.85. The minimum atomic E-state index is 0.389. The minimum Gasteiger partial charge on any atom is -0.399 e. The maximum absolute atomic E-state index is 5.75. The van der Waals surface area contributed by atoms with E-state index in [-0.39, 0.29) is 0 Å². The summed E-state index contributed by atoms with van der Waals surface area (Å²) in [5.41, 5.74) is 9.01. The van der Waals surface area contributed by atoms with Gasteiger partial charge in [-0.15, -0.1) is 0 Å². The van der Waals surface area contributed by atoms with E-state index in [0.29, 0.717) is 17.5 Å². The monoisotopic (exact) mass is 292 g/mol. The lowest BCUT2D eigenvalue weighted by Crippen LogP contribution is -1.92. The molecule has 7 heteroatoms. The lowest BCUT2D eigenvalue weighted by molar-refractivity contribution is 0.433. The van der Waals surface area contributed by atoms with Crippen molar-refractivity contribution in [2.45, 2.75) is 0 Å². The number of hydrogen-bond acceptors (Lipinski definition) is 6. The molecular formula is C15H12N6O. The second kappa shape index (κ2) is 4.88. The molecule has 4 N–H and O–H groups in total. The van der Waals surface area contributed by atoms with E-state index < -0.39 is 0 Å². The van der Waals surface area contributed by atoms with Crippen LogP contribution in [0.15, 0.2) is 53.2 Å². The van der Waals surface area contributed by atoms with Gasteiger partial charge >= 0.3 is 0 Å². The standard InChI is InChI=1S/C15H12N6O/c16-11-3-1-2-9(6-11)14-19-15(21-22-14)18-12-4-5-13-10(7-12)8-17-20-13/h1-8H,16H2,(H,17,20)(H,18,21). The number of nitrogens with zero attached hydrogens (tertiary/aromatic N) is 3. The van der Waals surface area contributed by atoms with Crippen molar-refractivity contribution in [3.8, 4) is 11.5 Å². The maximum Gasteiger partial charge on any atom is 0.268 e. The van der Waals surface area contributed by atoms with Crippen molar-refractivity contribution in [3.05, 3.63) is 48.7 Å². The molecule has 4 rings (SSSR count). The molecule has 2 heterocycles. The number of aromatic amines is 1. The Morgan fingerprint density at radius 1 is 1.14 bits per heavy atom. The molecular weight excluding hydrogens is 280 g/mol. The lowest BCUT2D eigenvalue weighted by Gasteiger charge is -2.00. The van der Waals surface area contributed by atoms with Crippen molar-refractivity contribution < 1.29 is 4.52 Å². The molecule has 0 bridgehead atoms. The van der Waals surface area contributed by atoms with Gasteiger partial charge in [0.25, 0.3) is 11.8 Å². The summed E-state index contributed by atoms with van der Waals surface area (Å²) < 4.78 is 5.25. The Labute approximate surface area is 125 Å². The Morgan fingerprint density at radius 3 is 3.00 bits per heavy atom. The molecule has 22 heavy (non-hydrogen) atoms. The maximum atomic E-state index is 5.75. The molecule has 0 radical (unpaired) electrons. The van der Waals surface area contributed by atoms with Crippen LogP contribution >= 0.6 is 0 Å². The number of nitrogens with one attached hydrogen (secondary N) is 2. The summed E-state index contributed by atoms with van der Waals surface area (Å²) >= 11 is 0. The number of anilines is 3. The normalized spacial score (nSPS) is 10.9. The van der Waals surface area contributed by atoms with Gasteiger partial charge in [0.2, 0.25) is 0 Å². The van der Waals surface area contributed by atoms with Gasteiger partial charge in [-0.25, -0.2) is 0 Å². The molecule has 108 valence electrons. The molecule has 0 aliphatic carbocycles. The molecule has 0 saturated carbocycles. The Kier molecular flexibility index (Phi) is 2.75. The van der Waals surface area contributed by atoms with Crippen LogP contribution in [0.2, 0.25) is 0 Å². The van der Waals surface area contributed by atoms with Crippen molar-refractivity contribution in [2.75, 3.05) is 11.1 Å². The van der Waals surface area contributed by atoms with E-state index in [9.17, 15) is 0 Å². The molecule has 0 spiro atoms. The van der Waals surface area contributed by atoms with Crippen LogP contribution in [-0.4, -0.2) is 20.3 Å². The molecule has 0 amide bonds. The summed E-state index contributed by atoms with van der Waals surface area (Å²) in [6, 6.07) is 13.1. The number of H-pyrrole nitrogens is 1. The first-order valence-corrected chi connectivity index (χ1v) is 6.68. The lowest BCUT2D eigenvalue weighted by atomic mass is 10.2. The van der Waals surface area contributed by atoms with Gasteiger partial charge in [-0.2, -0.15) is 10.1 Å². The van der Waals surface area contributed by atoms with E-state index >= 15 is 0 Å².